The number of urea groups is 1. The lowest BCUT2D eigenvalue weighted by molar-refractivity contribution is -0.127. The Morgan fingerprint density at radius 2 is 1.71 bits per heavy atom. The van der Waals surface area contributed by atoms with E-state index in [9.17, 15) is 14.4 Å². The van der Waals surface area contributed by atoms with Gasteiger partial charge in [0, 0.05) is 11.3 Å². The smallest absolute Gasteiger partial charge is 0.339 e. The highest BCUT2D eigenvalue weighted by atomic mass is 16.5. The monoisotopic (exact) mass is 458 g/mol. The minimum absolute atomic E-state index is 0.160. The molecule has 0 saturated carbocycles. The topological polar surface area (TPSA) is 123 Å². The first-order chi connectivity index (χ1) is 16.3. The number of benzene rings is 2. The molecule has 172 valence electrons. The second-order valence-corrected chi connectivity index (χ2v) is 7.73. The van der Waals surface area contributed by atoms with Gasteiger partial charge in [-0.2, -0.15) is 0 Å². The third-order valence-corrected chi connectivity index (χ3v) is 5.11. The largest absolute Gasteiger partial charge is 0.449 e. The first-order valence-electron chi connectivity index (χ1n) is 10.5. The zero-order valence-electron chi connectivity index (χ0n) is 18.8. The number of carbonyl (C=O) groups is 3. The SMILES string of the molecule is Cc1ccc(-c2cc(C(=O)OC(C)C(=O)NC(=O)Nc3ccccc3)c3c(C)noc3n2)cc1. The average Bonchev–Trinajstić information content (AvgIpc) is 3.20. The molecule has 0 aliphatic heterocycles. The van der Waals surface area contributed by atoms with Crippen LogP contribution >= 0.6 is 0 Å². The molecule has 0 spiro atoms. The molecule has 0 saturated heterocycles. The summed E-state index contributed by atoms with van der Waals surface area (Å²) >= 11 is 0. The number of carbonyl (C=O) groups excluding carboxylic acids is 3. The number of rotatable bonds is 5. The Balaban J connectivity index is 1.52. The van der Waals surface area contributed by atoms with Gasteiger partial charge >= 0.3 is 12.0 Å². The molecule has 4 aromatic rings. The molecule has 9 nitrogen and oxygen atoms in total. The molecule has 2 N–H and O–H groups in total. The number of amides is 3. The average molecular weight is 458 g/mol. The molecule has 2 aromatic heterocycles. The molecule has 1 unspecified atom stereocenters. The highest BCUT2D eigenvalue weighted by Gasteiger charge is 2.25. The van der Waals surface area contributed by atoms with E-state index < -0.39 is 24.0 Å². The number of esters is 1. The van der Waals surface area contributed by atoms with Gasteiger partial charge in [0.25, 0.3) is 11.6 Å². The minimum Gasteiger partial charge on any atom is -0.449 e. The summed E-state index contributed by atoms with van der Waals surface area (Å²) in [5.41, 5.74) is 3.67. The number of nitrogens with one attached hydrogen (secondary N) is 2. The summed E-state index contributed by atoms with van der Waals surface area (Å²) in [4.78, 5) is 42.0. The maximum absolute atomic E-state index is 13.0. The second-order valence-electron chi connectivity index (χ2n) is 7.73. The molecule has 0 fully saturated rings. The zero-order valence-corrected chi connectivity index (χ0v) is 18.8. The number of hydrogen-bond acceptors (Lipinski definition) is 7. The van der Waals surface area contributed by atoms with E-state index in [1.807, 2.05) is 31.2 Å². The van der Waals surface area contributed by atoms with Gasteiger partial charge in [-0.1, -0.05) is 53.2 Å². The Hall–Kier alpha value is -4.53. The van der Waals surface area contributed by atoms with Crippen LogP contribution in [0, 0.1) is 13.8 Å². The van der Waals surface area contributed by atoms with Crippen molar-refractivity contribution in [2.45, 2.75) is 26.9 Å². The first kappa shape index (κ1) is 22.7. The van der Waals surface area contributed by atoms with Crippen molar-refractivity contribution < 1.29 is 23.6 Å². The van der Waals surface area contributed by atoms with E-state index >= 15 is 0 Å². The summed E-state index contributed by atoms with van der Waals surface area (Å²) in [6.07, 6.45) is -1.24. The molecule has 0 aliphatic carbocycles. The summed E-state index contributed by atoms with van der Waals surface area (Å²) in [5.74, 6) is -1.54. The number of aromatic nitrogens is 2. The quantitative estimate of drug-likeness (QED) is 0.425. The number of ether oxygens (including phenoxy) is 1. The van der Waals surface area contributed by atoms with Gasteiger partial charge in [-0.15, -0.1) is 0 Å². The summed E-state index contributed by atoms with van der Waals surface area (Å²) < 4.78 is 10.6. The maximum atomic E-state index is 13.0. The summed E-state index contributed by atoms with van der Waals surface area (Å²) in [6.45, 7) is 5.03. The van der Waals surface area contributed by atoms with Crippen molar-refractivity contribution in [1.82, 2.24) is 15.5 Å². The van der Waals surface area contributed by atoms with Crippen molar-refractivity contribution >= 4 is 34.7 Å². The van der Waals surface area contributed by atoms with Crippen LogP contribution in [0.4, 0.5) is 10.5 Å². The number of hydrogen-bond donors (Lipinski definition) is 2. The number of anilines is 1. The molecule has 2 heterocycles. The van der Waals surface area contributed by atoms with Crippen molar-refractivity contribution in [2.24, 2.45) is 0 Å². The van der Waals surface area contributed by atoms with Crippen LogP contribution in [0.1, 0.15) is 28.5 Å². The molecule has 0 aliphatic rings. The summed E-state index contributed by atoms with van der Waals surface area (Å²) in [5, 5.41) is 8.99. The molecule has 4 rings (SSSR count). The Morgan fingerprint density at radius 1 is 1.00 bits per heavy atom. The lowest BCUT2D eigenvalue weighted by Gasteiger charge is -2.14. The van der Waals surface area contributed by atoms with Gasteiger partial charge in [-0.25, -0.2) is 14.6 Å². The van der Waals surface area contributed by atoms with Crippen molar-refractivity contribution in [2.75, 3.05) is 5.32 Å². The Labute approximate surface area is 195 Å². The van der Waals surface area contributed by atoms with Crippen LogP contribution in [0.3, 0.4) is 0 Å². The molecule has 0 radical (unpaired) electrons. The van der Waals surface area contributed by atoms with Crippen molar-refractivity contribution in [3.05, 3.63) is 77.5 Å². The van der Waals surface area contributed by atoms with Gasteiger partial charge in [-0.05, 0) is 39.0 Å². The van der Waals surface area contributed by atoms with Crippen LogP contribution in [0.25, 0.3) is 22.4 Å². The highest BCUT2D eigenvalue weighted by molar-refractivity contribution is 6.06. The van der Waals surface area contributed by atoms with Gasteiger partial charge in [-0.3, -0.25) is 10.1 Å². The minimum atomic E-state index is -1.24. The maximum Gasteiger partial charge on any atom is 0.339 e. The van der Waals surface area contributed by atoms with Crippen LogP contribution in [-0.4, -0.2) is 34.2 Å². The van der Waals surface area contributed by atoms with Gasteiger partial charge in [0.15, 0.2) is 6.10 Å². The van der Waals surface area contributed by atoms with Crippen molar-refractivity contribution in [3.8, 4) is 11.3 Å². The van der Waals surface area contributed by atoms with Gasteiger partial charge in [0.05, 0.1) is 22.3 Å². The van der Waals surface area contributed by atoms with Gasteiger partial charge in [0.2, 0.25) is 0 Å². The molecule has 3 amide bonds. The molecule has 2 aromatic carbocycles. The fraction of sp³-hybridized carbons (Fsp3) is 0.160. The van der Waals surface area contributed by atoms with Crippen LogP contribution in [-0.2, 0) is 9.53 Å². The molecular formula is C25H22N4O5. The number of para-hydroxylation sites is 1. The number of imide groups is 1. The van der Waals surface area contributed by atoms with E-state index in [1.165, 1.54) is 6.92 Å². The first-order valence-corrected chi connectivity index (χ1v) is 10.5. The Kier molecular flexibility index (Phi) is 6.35. The van der Waals surface area contributed by atoms with Crippen LogP contribution in [0.2, 0.25) is 0 Å². The number of pyridine rings is 1. The predicted molar refractivity (Wildman–Crippen MR) is 125 cm³/mol. The highest BCUT2D eigenvalue weighted by Crippen LogP contribution is 2.28. The number of fused-ring (bicyclic) bond motifs is 1. The van der Waals surface area contributed by atoms with E-state index in [2.05, 4.69) is 20.8 Å². The second kappa shape index (κ2) is 9.53. The van der Waals surface area contributed by atoms with E-state index in [0.717, 1.165) is 11.1 Å². The third-order valence-electron chi connectivity index (χ3n) is 5.11. The molecule has 0 bridgehead atoms. The van der Waals surface area contributed by atoms with Crippen molar-refractivity contribution in [1.29, 1.82) is 0 Å². The fourth-order valence-electron chi connectivity index (χ4n) is 3.30. The Morgan fingerprint density at radius 3 is 2.41 bits per heavy atom. The van der Waals surface area contributed by atoms with E-state index in [-0.39, 0.29) is 11.3 Å². The van der Waals surface area contributed by atoms with Gasteiger partial charge < -0.3 is 14.6 Å². The van der Waals surface area contributed by atoms with E-state index in [0.29, 0.717) is 22.5 Å². The summed E-state index contributed by atoms with van der Waals surface area (Å²) in [7, 11) is 0. The van der Waals surface area contributed by atoms with E-state index in [1.54, 1.807) is 43.3 Å². The van der Waals surface area contributed by atoms with E-state index in [4.69, 9.17) is 9.26 Å². The Bertz CT molecular complexity index is 1360. The third kappa shape index (κ3) is 4.93. The number of aryl methyl sites for hydroxylation is 2. The lowest BCUT2D eigenvalue weighted by atomic mass is 10.0. The normalized spacial score (nSPS) is 11.6. The fourth-order valence-corrected chi connectivity index (χ4v) is 3.30. The number of nitrogens with zero attached hydrogens (tertiary/aromatic N) is 2. The molecule has 9 heteroatoms. The molecule has 1 atom stereocenters. The van der Waals surface area contributed by atoms with Crippen LogP contribution < -0.4 is 10.6 Å². The molecule has 34 heavy (non-hydrogen) atoms. The lowest BCUT2D eigenvalue weighted by Crippen LogP contribution is -2.41. The van der Waals surface area contributed by atoms with Gasteiger partial charge in [0.1, 0.15) is 0 Å². The van der Waals surface area contributed by atoms with Crippen LogP contribution in [0.15, 0.2) is 65.2 Å². The van der Waals surface area contributed by atoms with Crippen LogP contribution in [0.5, 0.6) is 0 Å². The standard InChI is InChI=1S/C25H22N4O5/c1-14-9-11-17(12-10-14)20-13-19(21-15(2)29-34-23(21)27-20)24(31)33-16(3)22(30)28-25(32)26-18-7-5-4-6-8-18/h4-13,16H,1-3H3,(H2,26,28,30,32). The molecular weight excluding hydrogens is 436 g/mol. The predicted octanol–water partition coefficient (Wildman–Crippen LogP) is 4.40. The zero-order chi connectivity index (χ0) is 24.2. The summed E-state index contributed by atoms with van der Waals surface area (Å²) in [6, 6.07) is 17.1. The van der Waals surface area contributed by atoms with Crippen molar-refractivity contribution in [3.63, 3.8) is 0 Å².